The fraction of sp³-hybridized carbons (Fsp3) is 0. The molecule has 3 N–H and O–H groups in total. The van der Waals surface area contributed by atoms with Crippen molar-refractivity contribution in [3.05, 3.63) is 0 Å². The van der Waals surface area contributed by atoms with Crippen LogP contribution in [0.3, 0.4) is 0 Å². The fourth-order valence-electron chi connectivity index (χ4n) is 0. The average molecular weight is 184 g/mol. The zero-order valence-corrected chi connectivity index (χ0v) is 6.67. The second kappa shape index (κ2) is 2.46. The second-order valence-electron chi connectivity index (χ2n) is 0.692. The molecule has 6 heavy (non-hydrogen) atoms. The van der Waals surface area contributed by atoms with E-state index in [4.69, 9.17) is 14.4 Å². The van der Waals surface area contributed by atoms with Gasteiger partial charge in [-0.15, -0.1) is 0 Å². The van der Waals surface area contributed by atoms with Crippen molar-refractivity contribution in [2.75, 3.05) is 0 Å². The predicted molar refractivity (Wildman–Crippen MR) is 13.5 cm³/mol. The summed E-state index contributed by atoms with van der Waals surface area (Å²) in [5.74, 6) is 0. The SMILES string of the molecule is O[Si](O)(O)[O][Y]. The maximum absolute atomic E-state index is 7.89. The van der Waals surface area contributed by atoms with Crippen LogP contribution in [0.2, 0.25) is 0 Å². The molecule has 0 heterocycles. The van der Waals surface area contributed by atoms with E-state index < -0.39 is 9.05 Å². The molecular weight excluding hydrogens is 181 g/mol. The van der Waals surface area contributed by atoms with E-state index in [0.29, 0.717) is 0 Å². The van der Waals surface area contributed by atoms with Gasteiger partial charge in [-0.05, 0) is 0 Å². The summed E-state index contributed by atoms with van der Waals surface area (Å²) in [5.41, 5.74) is 0. The van der Waals surface area contributed by atoms with Gasteiger partial charge in [-0.3, -0.25) is 0 Å². The molecule has 0 spiro atoms. The molecule has 34 valence electrons. The van der Waals surface area contributed by atoms with Gasteiger partial charge in [0.2, 0.25) is 0 Å². The third-order valence-electron chi connectivity index (χ3n) is 0.158. The first kappa shape index (κ1) is 7.16. The molecule has 0 aromatic rings. The minimum absolute atomic E-state index is 0.215. The normalized spacial score (nSPS) is 11.7. The zero-order valence-electron chi connectivity index (χ0n) is 2.83. The van der Waals surface area contributed by atoms with Crippen LogP contribution < -0.4 is 0 Å². The third kappa shape index (κ3) is 5.16. The van der Waals surface area contributed by atoms with E-state index in [1.165, 1.54) is 0 Å². The van der Waals surface area contributed by atoms with Crippen LogP contribution in [0.5, 0.6) is 0 Å². The van der Waals surface area contributed by atoms with Gasteiger partial charge in [0, 0.05) is 0 Å². The summed E-state index contributed by atoms with van der Waals surface area (Å²) in [7, 11) is -4.07. The summed E-state index contributed by atoms with van der Waals surface area (Å²) in [4.78, 5) is 23.7. The Morgan fingerprint density at radius 2 is 1.50 bits per heavy atom. The summed E-state index contributed by atoms with van der Waals surface area (Å²) in [6.45, 7) is 0. The van der Waals surface area contributed by atoms with Crippen molar-refractivity contribution in [3.8, 4) is 0 Å². The quantitative estimate of drug-likeness (QED) is 0.407. The van der Waals surface area contributed by atoms with Gasteiger partial charge in [0.05, 0.1) is 0 Å². The van der Waals surface area contributed by atoms with Crippen molar-refractivity contribution < 1.29 is 47.6 Å². The molecule has 0 saturated heterocycles. The standard InChI is InChI=1S/H3O4Si.Y/c1-5(2,3)4;/h1-3H;/q-1;+1. The number of hydrogen-bond acceptors (Lipinski definition) is 4. The summed E-state index contributed by atoms with van der Waals surface area (Å²) in [6, 6.07) is 0. The summed E-state index contributed by atoms with van der Waals surface area (Å²) in [6.07, 6.45) is 0. The van der Waals surface area contributed by atoms with Crippen molar-refractivity contribution in [1.29, 1.82) is 0 Å². The summed E-state index contributed by atoms with van der Waals surface area (Å²) in [5, 5.41) is 0. The van der Waals surface area contributed by atoms with Crippen LogP contribution in [0, 0.1) is 0 Å². The number of rotatable bonds is 1. The van der Waals surface area contributed by atoms with Gasteiger partial charge in [-0.25, -0.2) is 0 Å². The van der Waals surface area contributed by atoms with Crippen LogP contribution >= 0.6 is 0 Å². The van der Waals surface area contributed by atoms with Crippen molar-refractivity contribution in [3.63, 3.8) is 0 Å². The Bertz CT molecular complexity index is 37.3. The van der Waals surface area contributed by atoms with Crippen molar-refractivity contribution in [2.45, 2.75) is 0 Å². The Morgan fingerprint density at radius 1 is 1.33 bits per heavy atom. The predicted octanol–water partition coefficient (Wildman–Crippen LogP) is -2.12. The summed E-state index contributed by atoms with van der Waals surface area (Å²) < 4.78 is 3.87. The van der Waals surface area contributed by atoms with Crippen LogP contribution in [-0.4, -0.2) is 23.4 Å². The Morgan fingerprint density at radius 3 is 1.50 bits per heavy atom. The molecule has 6 heteroatoms. The van der Waals surface area contributed by atoms with Gasteiger partial charge < -0.3 is 0 Å². The van der Waals surface area contributed by atoms with Crippen molar-refractivity contribution >= 4 is 9.05 Å². The first-order valence-electron chi connectivity index (χ1n) is 1.11. The third-order valence-corrected chi connectivity index (χ3v) is 2.81. The van der Waals surface area contributed by atoms with Crippen LogP contribution in [0.4, 0.5) is 0 Å². The maximum atomic E-state index is 7.89. The molecule has 0 aromatic carbocycles. The molecule has 0 aliphatic carbocycles. The molecule has 0 aliphatic heterocycles. The molecule has 4 nitrogen and oxygen atoms in total. The van der Waals surface area contributed by atoms with Crippen molar-refractivity contribution in [2.24, 2.45) is 0 Å². The van der Waals surface area contributed by atoms with Gasteiger partial charge in [-0.2, -0.15) is 0 Å². The molecule has 0 unspecified atom stereocenters. The van der Waals surface area contributed by atoms with Crippen LogP contribution in [0.25, 0.3) is 0 Å². The van der Waals surface area contributed by atoms with Gasteiger partial charge >= 0.3 is 56.6 Å². The van der Waals surface area contributed by atoms with Gasteiger partial charge in [0.25, 0.3) is 0 Å². The van der Waals surface area contributed by atoms with Gasteiger partial charge in [-0.1, -0.05) is 0 Å². The number of hydrogen-bond donors (Lipinski definition) is 3. The molecule has 0 aromatic heterocycles. The Hall–Kier alpha value is 1.16. The molecule has 0 bridgehead atoms. The second-order valence-corrected chi connectivity index (χ2v) is 3.81. The summed E-state index contributed by atoms with van der Waals surface area (Å²) >= 11 is 0.215. The van der Waals surface area contributed by atoms with E-state index in [9.17, 15) is 0 Å². The van der Waals surface area contributed by atoms with Gasteiger partial charge in [0.1, 0.15) is 0 Å². The van der Waals surface area contributed by atoms with E-state index >= 15 is 0 Å². The molecule has 0 radical (unpaired) electrons. The first-order valence-corrected chi connectivity index (χ1v) is 4.02. The average Bonchev–Trinajstić information content (AvgIpc) is 1.35. The first-order chi connectivity index (χ1) is 2.56. The van der Waals surface area contributed by atoms with E-state index in [1.807, 2.05) is 0 Å². The monoisotopic (exact) mass is 184 g/mol. The van der Waals surface area contributed by atoms with E-state index in [1.54, 1.807) is 0 Å². The zero-order chi connectivity index (χ0) is 5.21. The molecule has 0 rings (SSSR count). The van der Waals surface area contributed by atoms with E-state index in [2.05, 4.69) is 1.74 Å². The molecule has 0 fully saturated rings. The Labute approximate surface area is 56.5 Å². The topological polar surface area (TPSA) is 69.9 Å². The van der Waals surface area contributed by atoms with E-state index in [-0.39, 0.29) is 31.5 Å². The fourth-order valence-corrected chi connectivity index (χ4v) is 0. The van der Waals surface area contributed by atoms with Gasteiger partial charge in [0.15, 0.2) is 0 Å². The molecular formula is H3O4SiY. The van der Waals surface area contributed by atoms with Crippen LogP contribution in [-0.2, 0) is 33.2 Å². The molecule has 0 aliphatic rings. The molecule has 0 saturated carbocycles. The molecule has 0 amide bonds. The van der Waals surface area contributed by atoms with E-state index in [0.717, 1.165) is 0 Å². The Kier molecular flexibility index (Phi) is 2.94. The van der Waals surface area contributed by atoms with Crippen LogP contribution in [0.1, 0.15) is 0 Å². The molecule has 0 atom stereocenters. The van der Waals surface area contributed by atoms with Crippen molar-refractivity contribution in [1.82, 2.24) is 0 Å². The minimum atomic E-state index is -4.07. The van der Waals surface area contributed by atoms with Crippen LogP contribution in [0.15, 0.2) is 0 Å². The Balaban J connectivity index is 3.17.